The lowest BCUT2D eigenvalue weighted by atomic mass is 9.92. The predicted octanol–water partition coefficient (Wildman–Crippen LogP) is 3.67. The minimum atomic E-state index is 0.433. The lowest BCUT2D eigenvalue weighted by Gasteiger charge is -2.27. The van der Waals surface area contributed by atoms with E-state index in [1.807, 2.05) is 30.1 Å². The molecule has 112 valence electrons. The standard InChI is InChI=1S/C17H22ClN3/c1-12(10-13-6-8-14(18)9-7-13)20-16-4-3-5-17-15(16)11-19-21(17)2/h6-9,11-12,16,20H,3-5,10H2,1-2H3. The maximum Gasteiger partial charge on any atom is 0.0540 e. The van der Waals surface area contributed by atoms with Crippen LogP contribution in [0.2, 0.25) is 5.02 Å². The quantitative estimate of drug-likeness (QED) is 0.934. The van der Waals surface area contributed by atoms with Crippen LogP contribution >= 0.6 is 11.6 Å². The van der Waals surface area contributed by atoms with E-state index in [0.29, 0.717) is 12.1 Å². The Bertz CT molecular complexity index is 603. The molecule has 0 saturated carbocycles. The van der Waals surface area contributed by atoms with Gasteiger partial charge in [-0.05, 0) is 50.3 Å². The topological polar surface area (TPSA) is 29.9 Å². The molecule has 1 heterocycles. The highest BCUT2D eigenvalue weighted by Gasteiger charge is 2.24. The average molecular weight is 304 g/mol. The molecular weight excluding hydrogens is 282 g/mol. The Morgan fingerprint density at radius 1 is 1.38 bits per heavy atom. The van der Waals surface area contributed by atoms with Crippen molar-refractivity contribution in [2.75, 3.05) is 0 Å². The summed E-state index contributed by atoms with van der Waals surface area (Å²) in [4.78, 5) is 0. The number of aryl methyl sites for hydroxylation is 1. The first-order valence-electron chi connectivity index (χ1n) is 7.65. The van der Waals surface area contributed by atoms with Gasteiger partial charge in [0.25, 0.3) is 0 Å². The first-order chi connectivity index (χ1) is 10.1. The molecule has 1 aromatic heterocycles. The molecule has 1 N–H and O–H groups in total. The van der Waals surface area contributed by atoms with E-state index in [4.69, 9.17) is 11.6 Å². The van der Waals surface area contributed by atoms with Crippen LogP contribution in [0, 0.1) is 0 Å². The van der Waals surface area contributed by atoms with Crippen LogP contribution in [0.15, 0.2) is 30.5 Å². The molecule has 0 aliphatic heterocycles. The molecule has 0 fully saturated rings. The second kappa shape index (κ2) is 6.20. The van der Waals surface area contributed by atoms with Gasteiger partial charge < -0.3 is 5.32 Å². The maximum absolute atomic E-state index is 5.94. The van der Waals surface area contributed by atoms with Crippen molar-refractivity contribution in [3.63, 3.8) is 0 Å². The maximum atomic E-state index is 5.94. The van der Waals surface area contributed by atoms with E-state index < -0.39 is 0 Å². The first kappa shape index (κ1) is 14.6. The molecule has 3 nitrogen and oxygen atoms in total. The molecule has 3 rings (SSSR count). The van der Waals surface area contributed by atoms with Gasteiger partial charge in [-0.25, -0.2) is 0 Å². The SMILES string of the molecule is CC(Cc1ccc(Cl)cc1)NC1CCCc2c1cnn2C. The number of aromatic nitrogens is 2. The molecule has 1 aromatic carbocycles. The van der Waals surface area contributed by atoms with E-state index in [0.717, 1.165) is 17.9 Å². The Labute approximate surface area is 131 Å². The second-order valence-corrected chi connectivity index (χ2v) is 6.45. The van der Waals surface area contributed by atoms with E-state index in [1.54, 1.807) is 0 Å². The normalized spacial score (nSPS) is 19.3. The monoisotopic (exact) mass is 303 g/mol. The van der Waals surface area contributed by atoms with E-state index in [9.17, 15) is 0 Å². The Kier molecular flexibility index (Phi) is 4.32. The van der Waals surface area contributed by atoms with Crippen LogP contribution in [-0.4, -0.2) is 15.8 Å². The van der Waals surface area contributed by atoms with Crippen LogP contribution in [0.3, 0.4) is 0 Å². The minimum absolute atomic E-state index is 0.433. The molecule has 0 saturated heterocycles. The Morgan fingerprint density at radius 3 is 2.90 bits per heavy atom. The fourth-order valence-electron chi connectivity index (χ4n) is 3.26. The van der Waals surface area contributed by atoms with Crippen LogP contribution < -0.4 is 5.32 Å². The largest absolute Gasteiger partial charge is 0.307 e. The van der Waals surface area contributed by atoms with Crippen molar-refractivity contribution >= 4 is 11.6 Å². The van der Waals surface area contributed by atoms with Crippen molar-refractivity contribution < 1.29 is 0 Å². The van der Waals surface area contributed by atoms with Crippen molar-refractivity contribution in [2.24, 2.45) is 7.05 Å². The molecule has 0 bridgehead atoms. The van der Waals surface area contributed by atoms with Gasteiger partial charge in [-0.2, -0.15) is 5.10 Å². The van der Waals surface area contributed by atoms with Gasteiger partial charge in [0.15, 0.2) is 0 Å². The average Bonchev–Trinajstić information content (AvgIpc) is 2.84. The number of nitrogens with one attached hydrogen (secondary N) is 1. The third-order valence-electron chi connectivity index (χ3n) is 4.32. The number of nitrogens with zero attached hydrogens (tertiary/aromatic N) is 2. The smallest absolute Gasteiger partial charge is 0.0540 e. The molecule has 1 aliphatic carbocycles. The van der Waals surface area contributed by atoms with Crippen molar-refractivity contribution in [1.29, 1.82) is 0 Å². The van der Waals surface area contributed by atoms with Crippen LogP contribution in [0.5, 0.6) is 0 Å². The van der Waals surface area contributed by atoms with Gasteiger partial charge in [0.2, 0.25) is 0 Å². The summed E-state index contributed by atoms with van der Waals surface area (Å²) in [5, 5.41) is 8.97. The molecule has 0 spiro atoms. The summed E-state index contributed by atoms with van der Waals surface area (Å²) in [6, 6.07) is 9.01. The molecule has 2 aromatic rings. The third-order valence-corrected chi connectivity index (χ3v) is 4.57. The zero-order valence-corrected chi connectivity index (χ0v) is 13.4. The molecule has 21 heavy (non-hydrogen) atoms. The van der Waals surface area contributed by atoms with E-state index in [1.165, 1.54) is 29.7 Å². The summed E-state index contributed by atoms with van der Waals surface area (Å²) < 4.78 is 2.02. The number of fused-ring (bicyclic) bond motifs is 1. The number of benzene rings is 1. The van der Waals surface area contributed by atoms with Crippen molar-refractivity contribution in [3.05, 3.63) is 52.3 Å². The van der Waals surface area contributed by atoms with E-state index in [2.05, 4.69) is 29.5 Å². The van der Waals surface area contributed by atoms with E-state index in [-0.39, 0.29) is 0 Å². The number of hydrogen-bond donors (Lipinski definition) is 1. The third kappa shape index (κ3) is 3.30. The van der Waals surface area contributed by atoms with Gasteiger partial charge in [-0.1, -0.05) is 23.7 Å². The van der Waals surface area contributed by atoms with Crippen molar-refractivity contribution in [1.82, 2.24) is 15.1 Å². The summed E-state index contributed by atoms with van der Waals surface area (Å²) in [5.41, 5.74) is 4.09. The lowest BCUT2D eigenvalue weighted by Crippen LogP contribution is -2.34. The van der Waals surface area contributed by atoms with Gasteiger partial charge in [0, 0.05) is 35.4 Å². The molecular formula is C17H22ClN3. The lowest BCUT2D eigenvalue weighted by molar-refractivity contribution is 0.403. The molecule has 4 heteroatoms. The summed E-state index contributed by atoms with van der Waals surface area (Å²) in [5.74, 6) is 0. The molecule has 0 radical (unpaired) electrons. The molecule has 2 unspecified atom stereocenters. The zero-order chi connectivity index (χ0) is 14.8. The second-order valence-electron chi connectivity index (χ2n) is 6.01. The summed E-state index contributed by atoms with van der Waals surface area (Å²) in [7, 11) is 2.04. The van der Waals surface area contributed by atoms with Crippen LogP contribution in [0.25, 0.3) is 0 Å². The van der Waals surface area contributed by atoms with Gasteiger partial charge in [0.1, 0.15) is 0 Å². The highest BCUT2D eigenvalue weighted by Crippen LogP contribution is 2.29. The van der Waals surface area contributed by atoms with Gasteiger partial charge in [-0.3, -0.25) is 4.68 Å². The minimum Gasteiger partial charge on any atom is -0.307 e. The summed E-state index contributed by atoms with van der Waals surface area (Å²) >= 11 is 5.94. The first-order valence-corrected chi connectivity index (χ1v) is 8.02. The highest BCUT2D eigenvalue weighted by molar-refractivity contribution is 6.30. The molecule has 1 aliphatic rings. The summed E-state index contributed by atoms with van der Waals surface area (Å²) in [6.45, 7) is 2.25. The van der Waals surface area contributed by atoms with Crippen LogP contribution in [0.1, 0.15) is 42.6 Å². The van der Waals surface area contributed by atoms with Crippen molar-refractivity contribution in [2.45, 2.75) is 44.7 Å². The Hall–Kier alpha value is -1.32. The molecule has 2 atom stereocenters. The van der Waals surface area contributed by atoms with Gasteiger partial charge >= 0.3 is 0 Å². The predicted molar refractivity (Wildman–Crippen MR) is 86.6 cm³/mol. The molecule has 0 amide bonds. The van der Waals surface area contributed by atoms with Gasteiger partial charge in [-0.15, -0.1) is 0 Å². The number of halogens is 1. The Morgan fingerprint density at radius 2 is 2.14 bits per heavy atom. The fourth-order valence-corrected chi connectivity index (χ4v) is 3.38. The van der Waals surface area contributed by atoms with Crippen LogP contribution in [0.4, 0.5) is 0 Å². The number of rotatable bonds is 4. The highest BCUT2D eigenvalue weighted by atomic mass is 35.5. The van der Waals surface area contributed by atoms with E-state index >= 15 is 0 Å². The van der Waals surface area contributed by atoms with Gasteiger partial charge in [0.05, 0.1) is 6.20 Å². The van der Waals surface area contributed by atoms with Crippen LogP contribution in [-0.2, 0) is 19.9 Å². The fraction of sp³-hybridized carbons (Fsp3) is 0.471. The van der Waals surface area contributed by atoms with Crippen molar-refractivity contribution in [3.8, 4) is 0 Å². The summed E-state index contributed by atoms with van der Waals surface area (Å²) in [6.07, 6.45) is 6.63. The zero-order valence-electron chi connectivity index (χ0n) is 12.6. The Balaban J connectivity index is 1.65. The number of hydrogen-bond acceptors (Lipinski definition) is 2.